The van der Waals surface area contributed by atoms with E-state index in [0.717, 1.165) is 5.56 Å². The van der Waals surface area contributed by atoms with E-state index in [2.05, 4.69) is 10.3 Å². The zero-order chi connectivity index (χ0) is 17.6. The molecule has 0 radical (unpaired) electrons. The van der Waals surface area contributed by atoms with Crippen LogP contribution in [0.5, 0.6) is 0 Å². The second-order valence-corrected chi connectivity index (χ2v) is 6.94. The maximum Gasteiger partial charge on any atom is 0.698 e. The average Bonchev–Trinajstić information content (AvgIpc) is 2.56. The first-order chi connectivity index (χ1) is 11.4. The SMILES string of the molecule is CC1(C)CO[P+](=O)O[C@H]1C(=O)NCCC(=O)OCc1ccncc1. The maximum atomic E-state index is 12.1. The van der Waals surface area contributed by atoms with Gasteiger partial charge in [0.15, 0.2) is 0 Å². The van der Waals surface area contributed by atoms with Gasteiger partial charge in [0.25, 0.3) is 5.91 Å². The van der Waals surface area contributed by atoms with Crippen LogP contribution in [0.15, 0.2) is 24.5 Å². The van der Waals surface area contributed by atoms with E-state index in [9.17, 15) is 14.2 Å². The third-order valence-corrected chi connectivity index (χ3v) is 4.18. The molecule has 130 valence electrons. The lowest BCUT2D eigenvalue weighted by atomic mass is 9.87. The van der Waals surface area contributed by atoms with Crippen molar-refractivity contribution in [1.29, 1.82) is 0 Å². The van der Waals surface area contributed by atoms with Crippen LogP contribution in [0.2, 0.25) is 0 Å². The third kappa shape index (κ3) is 5.33. The van der Waals surface area contributed by atoms with Crippen molar-refractivity contribution in [2.75, 3.05) is 13.2 Å². The molecule has 8 nitrogen and oxygen atoms in total. The molecular weight excluding hydrogens is 335 g/mol. The number of ether oxygens (including phenoxy) is 1. The lowest BCUT2D eigenvalue weighted by Crippen LogP contribution is -2.48. The highest BCUT2D eigenvalue weighted by atomic mass is 31.1. The average molecular weight is 355 g/mol. The first-order valence-electron chi connectivity index (χ1n) is 7.48. The van der Waals surface area contributed by atoms with Gasteiger partial charge in [-0.15, -0.1) is 9.05 Å². The van der Waals surface area contributed by atoms with Crippen LogP contribution in [0.3, 0.4) is 0 Å². The van der Waals surface area contributed by atoms with E-state index >= 15 is 0 Å². The molecule has 2 atom stereocenters. The lowest BCUT2D eigenvalue weighted by molar-refractivity contribution is -0.145. The molecule has 9 heteroatoms. The Morgan fingerprint density at radius 3 is 2.83 bits per heavy atom. The van der Waals surface area contributed by atoms with Gasteiger partial charge in [-0.25, -0.2) is 0 Å². The summed E-state index contributed by atoms with van der Waals surface area (Å²) in [6, 6.07) is 3.50. The Hall–Kier alpha value is -1.89. The number of amides is 1. The van der Waals surface area contributed by atoms with E-state index in [1.54, 1.807) is 38.4 Å². The van der Waals surface area contributed by atoms with Crippen LogP contribution in [0, 0.1) is 5.41 Å². The van der Waals surface area contributed by atoms with Gasteiger partial charge in [0.1, 0.15) is 13.2 Å². The molecule has 1 amide bonds. The molecule has 0 aliphatic carbocycles. The molecule has 0 bridgehead atoms. The number of carbonyl (C=O) groups is 2. The van der Waals surface area contributed by atoms with Crippen molar-refractivity contribution < 1.29 is 27.9 Å². The van der Waals surface area contributed by atoms with Gasteiger partial charge >= 0.3 is 14.2 Å². The largest absolute Gasteiger partial charge is 0.698 e. The second-order valence-electron chi connectivity index (χ2n) is 6.03. The summed E-state index contributed by atoms with van der Waals surface area (Å²) in [7, 11) is -2.29. The van der Waals surface area contributed by atoms with E-state index in [-0.39, 0.29) is 26.2 Å². The van der Waals surface area contributed by atoms with E-state index in [1.165, 1.54) is 0 Å². The maximum absolute atomic E-state index is 12.1. The summed E-state index contributed by atoms with van der Waals surface area (Å²) >= 11 is 0. The molecule has 2 heterocycles. The van der Waals surface area contributed by atoms with Gasteiger partial charge in [0, 0.05) is 28.9 Å². The number of carbonyl (C=O) groups excluding carboxylic acids is 2. The zero-order valence-corrected chi connectivity index (χ0v) is 14.5. The highest BCUT2D eigenvalue weighted by molar-refractivity contribution is 7.33. The molecule has 2 rings (SSSR count). The Labute approximate surface area is 140 Å². The minimum atomic E-state index is -2.29. The number of nitrogens with zero attached hydrogens (tertiary/aromatic N) is 1. The molecule has 24 heavy (non-hydrogen) atoms. The molecule has 0 aromatic carbocycles. The van der Waals surface area contributed by atoms with Crippen LogP contribution in [-0.2, 0) is 34.5 Å². The molecule has 0 spiro atoms. The van der Waals surface area contributed by atoms with Gasteiger partial charge < -0.3 is 10.1 Å². The molecular formula is C15H20N2O6P+. The summed E-state index contributed by atoms with van der Waals surface area (Å²) < 4.78 is 26.4. The van der Waals surface area contributed by atoms with Crippen LogP contribution in [0.1, 0.15) is 25.8 Å². The number of rotatable bonds is 6. The smallest absolute Gasteiger partial charge is 0.461 e. The number of aromatic nitrogens is 1. The van der Waals surface area contributed by atoms with Gasteiger partial charge in [0.2, 0.25) is 6.10 Å². The highest BCUT2D eigenvalue weighted by Gasteiger charge is 2.50. The fraction of sp³-hybridized carbons (Fsp3) is 0.533. The van der Waals surface area contributed by atoms with Crippen molar-refractivity contribution in [3.63, 3.8) is 0 Å². The van der Waals surface area contributed by atoms with E-state index in [0.29, 0.717) is 0 Å². The molecule has 1 aliphatic rings. The van der Waals surface area contributed by atoms with Gasteiger partial charge in [-0.05, 0) is 17.7 Å². The van der Waals surface area contributed by atoms with Crippen LogP contribution >= 0.6 is 8.25 Å². The van der Waals surface area contributed by atoms with Crippen LogP contribution < -0.4 is 5.32 Å². The molecule has 1 fully saturated rings. The monoisotopic (exact) mass is 355 g/mol. The molecule has 1 aromatic rings. The van der Waals surface area contributed by atoms with Gasteiger partial charge in [0.05, 0.1) is 6.42 Å². The van der Waals surface area contributed by atoms with Crippen molar-refractivity contribution >= 4 is 20.1 Å². The summed E-state index contributed by atoms with van der Waals surface area (Å²) in [6.07, 6.45) is 2.38. The van der Waals surface area contributed by atoms with E-state index < -0.39 is 31.7 Å². The Balaban J connectivity index is 1.72. The first kappa shape index (κ1) is 18.4. The first-order valence-corrected chi connectivity index (χ1v) is 8.57. The molecule has 0 saturated carbocycles. The predicted molar refractivity (Wildman–Crippen MR) is 83.9 cm³/mol. The number of hydrogen-bond donors (Lipinski definition) is 1. The van der Waals surface area contributed by atoms with Crippen molar-refractivity contribution in [2.24, 2.45) is 5.41 Å². The fourth-order valence-corrected chi connectivity index (χ4v) is 3.10. The van der Waals surface area contributed by atoms with Gasteiger partial charge in [-0.2, -0.15) is 0 Å². The van der Waals surface area contributed by atoms with Gasteiger partial charge in [-0.3, -0.25) is 14.6 Å². The lowest BCUT2D eigenvalue weighted by Gasteiger charge is -2.29. The minimum Gasteiger partial charge on any atom is -0.461 e. The Bertz CT molecular complexity index is 607. The number of pyridine rings is 1. The molecule has 1 N–H and O–H groups in total. The standard InChI is InChI=1S/C15H19N2O6P/c1-15(2)10-22-24(20)23-13(15)14(19)17-8-5-12(18)21-9-11-3-6-16-7-4-11/h3-4,6-7,13H,5,8-10H2,1-2H3/p+1/t13-/m0/s1. The summed E-state index contributed by atoms with van der Waals surface area (Å²) in [5, 5.41) is 2.60. The quantitative estimate of drug-likeness (QED) is 0.612. The molecule has 1 unspecified atom stereocenters. The summed E-state index contributed by atoms with van der Waals surface area (Å²) in [5.74, 6) is -0.848. The van der Waals surface area contributed by atoms with Crippen LogP contribution in [0.25, 0.3) is 0 Å². The highest BCUT2D eigenvalue weighted by Crippen LogP contribution is 2.41. The summed E-state index contributed by atoms with van der Waals surface area (Å²) in [6.45, 7) is 3.99. The summed E-state index contributed by atoms with van der Waals surface area (Å²) in [5.41, 5.74) is 0.235. The van der Waals surface area contributed by atoms with E-state index in [1.807, 2.05) is 0 Å². The molecule has 1 aliphatic heterocycles. The second kappa shape index (κ2) is 8.28. The number of esters is 1. The molecule has 1 saturated heterocycles. The van der Waals surface area contributed by atoms with Gasteiger partial charge in [-0.1, -0.05) is 13.8 Å². The summed E-state index contributed by atoms with van der Waals surface area (Å²) in [4.78, 5) is 27.7. The van der Waals surface area contributed by atoms with Crippen molar-refractivity contribution in [1.82, 2.24) is 10.3 Å². The van der Waals surface area contributed by atoms with Crippen LogP contribution in [0.4, 0.5) is 0 Å². The van der Waals surface area contributed by atoms with Crippen molar-refractivity contribution in [2.45, 2.75) is 33.0 Å². The van der Waals surface area contributed by atoms with E-state index in [4.69, 9.17) is 13.8 Å². The Morgan fingerprint density at radius 2 is 2.12 bits per heavy atom. The Morgan fingerprint density at radius 1 is 1.42 bits per heavy atom. The fourth-order valence-electron chi connectivity index (χ4n) is 2.05. The van der Waals surface area contributed by atoms with Crippen molar-refractivity contribution in [3.8, 4) is 0 Å². The normalized spacial score (nSPS) is 21.1. The molecule has 1 aromatic heterocycles. The zero-order valence-electron chi connectivity index (χ0n) is 13.6. The van der Waals surface area contributed by atoms with Crippen molar-refractivity contribution in [3.05, 3.63) is 30.1 Å². The third-order valence-electron chi connectivity index (χ3n) is 3.46. The Kier molecular flexibility index (Phi) is 6.36. The number of nitrogens with one attached hydrogen (secondary N) is 1. The van der Waals surface area contributed by atoms with Crippen LogP contribution in [-0.4, -0.2) is 36.1 Å². The number of hydrogen-bond acceptors (Lipinski definition) is 7. The topological polar surface area (TPSA) is 104 Å². The minimum absolute atomic E-state index is 0.0343. The predicted octanol–water partition coefficient (Wildman–Crippen LogP) is 1.73.